The van der Waals surface area contributed by atoms with Crippen molar-refractivity contribution in [3.05, 3.63) is 71.0 Å². The van der Waals surface area contributed by atoms with Gasteiger partial charge in [-0.1, -0.05) is 24.6 Å². The van der Waals surface area contributed by atoms with Gasteiger partial charge in [0.25, 0.3) is 5.91 Å². The van der Waals surface area contributed by atoms with Crippen molar-refractivity contribution in [2.75, 3.05) is 49.1 Å². The number of amides is 4. The van der Waals surface area contributed by atoms with Crippen LogP contribution in [0.3, 0.4) is 0 Å². The van der Waals surface area contributed by atoms with Gasteiger partial charge in [0.05, 0.1) is 40.1 Å². The normalized spacial score (nSPS) is 23.8. The summed E-state index contributed by atoms with van der Waals surface area (Å²) in [5.74, 6) is 0.979. The number of nitriles is 1. The molecule has 4 aromatic rings. The fourth-order valence-electron chi connectivity index (χ4n) is 8.64. The lowest BCUT2D eigenvalue weighted by Crippen LogP contribution is -2.49. The number of anilines is 2. The third-order valence-corrected chi connectivity index (χ3v) is 11.9. The van der Waals surface area contributed by atoms with E-state index >= 15 is 0 Å². The molecule has 3 aliphatic heterocycles. The zero-order valence-corrected chi connectivity index (χ0v) is 31.7. The van der Waals surface area contributed by atoms with Crippen molar-refractivity contribution < 1.29 is 19.1 Å². The number of aromatic nitrogens is 4. The lowest BCUT2D eigenvalue weighted by atomic mass is 9.88. The van der Waals surface area contributed by atoms with Crippen LogP contribution < -0.4 is 25.2 Å². The van der Waals surface area contributed by atoms with Gasteiger partial charge in [0.2, 0.25) is 5.91 Å². The number of benzene rings is 2. The van der Waals surface area contributed by atoms with Crippen molar-refractivity contribution in [3.63, 3.8) is 0 Å². The molecule has 14 nitrogen and oxygen atoms in total. The van der Waals surface area contributed by atoms with E-state index in [0.717, 1.165) is 100 Å². The van der Waals surface area contributed by atoms with Gasteiger partial charge in [0.15, 0.2) is 11.5 Å². The van der Waals surface area contributed by atoms with E-state index in [9.17, 15) is 14.4 Å². The average molecular weight is 765 g/mol. The van der Waals surface area contributed by atoms with Crippen molar-refractivity contribution in [1.82, 2.24) is 35.5 Å². The molecule has 3 saturated heterocycles. The van der Waals surface area contributed by atoms with Gasteiger partial charge in [-0.2, -0.15) is 10.4 Å². The van der Waals surface area contributed by atoms with Crippen LogP contribution in [0.25, 0.3) is 10.9 Å². The topological polar surface area (TPSA) is 162 Å². The molecule has 1 aliphatic carbocycles. The molecular weight excluding hydrogens is 720 g/mol. The molecule has 2 aromatic carbocycles. The predicted molar refractivity (Wildman–Crippen MR) is 207 cm³/mol. The molecule has 4 amide bonds. The Hall–Kier alpha value is -5.26. The molecule has 1 saturated carbocycles. The average Bonchev–Trinajstić information content (AvgIpc) is 3.80. The molecule has 0 spiro atoms. The number of halogens is 1. The minimum absolute atomic E-state index is 0.0273. The molecule has 0 bridgehead atoms. The number of carbonyl (C=O) groups excluding carboxylic acids is 3. The highest BCUT2D eigenvalue weighted by Gasteiger charge is 2.37. The third kappa shape index (κ3) is 7.95. The first-order valence-electron chi connectivity index (χ1n) is 19.2. The van der Waals surface area contributed by atoms with Crippen molar-refractivity contribution in [2.24, 2.45) is 5.41 Å². The standard InChI is InChI=1S/C40H45ClN10O4/c1-40(24-48-17-13-28(14-18-48)51-35-4-2-3-34(31(35)23-43-51)50-19-15-37(52)45-39(50)54)16-20-49(25-40)36-12-11-33(46-47-36)38(53)44-27-6-9-29(10-7-27)55-30-8-5-26(22-42)32(41)21-30/h2-5,8,11-12,21,23,27-29H,6-7,9-10,13-20,24-25H2,1H3,(H,44,53)(H,45,52,54). The monoisotopic (exact) mass is 764 g/mol. The molecular formula is C40H45ClN10O4. The zero-order chi connectivity index (χ0) is 38.1. The summed E-state index contributed by atoms with van der Waals surface area (Å²) in [5, 5.41) is 29.5. The van der Waals surface area contributed by atoms with Gasteiger partial charge >= 0.3 is 6.03 Å². The maximum Gasteiger partial charge on any atom is 0.328 e. The molecule has 4 fully saturated rings. The summed E-state index contributed by atoms with van der Waals surface area (Å²) in [6, 6.07) is 16.7. The summed E-state index contributed by atoms with van der Waals surface area (Å²) >= 11 is 6.15. The van der Waals surface area contributed by atoms with Crippen LogP contribution in [-0.4, -0.2) is 94.1 Å². The number of nitrogens with one attached hydrogen (secondary N) is 2. The lowest BCUT2D eigenvalue weighted by Gasteiger charge is -2.37. The highest BCUT2D eigenvalue weighted by atomic mass is 35.5. The summed E-state index contributed by atoms with van der Waals surface area (Å²) in [5.41, 5.74) is 2.62. The Bertz CT molecular complexity index is 2120. The second-order valence-electron chi connectivity index (χ2n) is 15.6. The van der Waals surface area contributed by atoms with Crippen LogP contribution in [0.5, 0.6) is 5.75 Å². The number of hydrogen-bond donors (Lipinski definition) is 2. The number of hydrogen-bond acceptors (Lipinski definition) is 10. The van der Waals surface area contributed by atoms with Crippen LogP contribution in [0, 0.1) is 16.7 Å². The van der Waals surface area contributed by atoms with Crippen molar-refractivity contribution >= 4 is 51.9 Å². The smallest absolute Gasteiger partial charge is 0.328 e. The van der Waals surface area contributed by atoms with Crippen LogP contribution in [0.4, 0.5) is 16.3 Å². The van der Waals surface area contributed by atoms with Gasteiger partial charge in [-0.05, 0) is 86.8 Å². The fraction of sp³-hybridized carbons (Fsp3) is 0.475. The number of ether oxygens (including phenoxy) is 1. The number of fused-ring (bicyclic) bond motifs is 1. The highest BCUT2D eigenvalue weighted by molar-refractivity contribution is 6.31. The minimum atomic E-state index is -0.387. The van der Waals surface area contributed by atoms with Gasteiger partial charge in [-0.3, -0.25) is 24.5 Å². The fourth-order valence-corrected chi connectivity index (χ4v) is 8.85. The summed E-state index contributed by atoms with van der Waals surface area (Å²) in [6.45, 7) is 7.40. The van der Waals surface area contributed by atoms with Gasteiger partial charge in [0.1, 0.15) is 11.8 Å². The first kappa shape index (κ1) is 36.7. The minimum Gasteiger partial charge on any atom is -0.490 e. The summed E-state index contributed by atoms with van der Waals surface area (Å²) in [7, 11) is 0. The largest absolute Gasteiger partial charge is 0.490 e. The van der Waals surface area contributed by atoms with Gasteiger partial charge in [-0.25, -0.2) is 4.79 Å². The van der Waals surface area contributed by atoms with Crippen molar-refractivity contribution in [1.29, 1.82) is 5.26 Å². The van der Waals surface area contributed by atoms with E-state index in [1.807, 2.05) is 24.4 Å². The number of imide groups is 1. The number of urea groups is 1. The third-order valence-electron chi connectivity index (χ3n) is 11.6. The van der Waals surface area contributed by atoms with E-state index in [1.54, 1.807) is 29.2 Å². The van der Waals surface area contributed by atoms with Crippen LogP contribution in [0.2, 0.25) is 5.02 Å². The van der Waals surface area contributed by atoms with Gasteiger partial charge in [-0.15, -0.1) is 10.2 Å². The number of likely N-dealkylation sites (tertiary alicyclic amines) is 1. The van der Waals surface area contributed by atoms with E-state index in [1.165, 1.54) is 0 Å². The molecule has 55 heavy (non-hydrogen) atoms. The first-order chi connectivity index (χ1) is 26.6. The molecule has 1 atom stereocenters. The van der Waals surface area contributed by atoms with Crippen LogP contribution in [0.1, 0.15) is 80.4 Å². The summed E-state index contributed by atoms with van der Waals surface area (Å²) in [4.78, 5) is 43.8. The Morgan fingerprint density at radius 1 is 1.04 bits per heavy atom. The molecule has 1 unspecified atom stereocenters. The maximum atomic E-state index is 13.1. The van der Waals surface area contributed by atoms with Crippen molar-refractivity contribution in [3.8, 4) is 11.8 Å². The van der Waals surface area contributed by atoms with Crippen LogP contribution in [0.15, 0.2) is 54.7 Å². The van der Waals surface area contributed by atoms with Gasteiger partial charge in [0, 0.05) is 63.2 Å². The SMILES string of the molecule is CC1(CN2CCC(n3ncc4c(N5CCC(=O)NC5=O)cccc43)CC2)CCN(c2ccc(C(=O)NC3CCC(Oc4ccc(C#N)c(Cl)c4)CC3)nn2)C1. The number of piperidine rings is 1. The zero-order valence-electron chi connectivity index (χ0n) is 30.9. The Kier molecular flexibility index (Phi) is 10.3. The van der Waals surface area contributed by atoms with E-state index in [0.29, 0.717) is 28.6 Å². The molecule has 2 aromatic heterocycles. The number of nitrogens with zero attached hydrogens (tertiary/aromatic N) is 8. The molecule has 2 N–H and O–H groups in total. The second-order valence-corrected chi connectivity index (χ2v) is 16.0. The molecule has 0 radical (unpaired) electrons. The molecule has 8 rings (SSSR count). The van der Waals surface area contributed by atoms with Crippen LogP contribution in [-0.2, 0) is 4.79 Å². The van der Waals surface area contributed by atoms with E-state index in [2.05, 4.69) is 54.4 Å². The Labute approximate surface area is 324 Å². The molecule has 286 valence electrons. The summed E-state index contributed by atoms with van der Waals surface area (Å²) in [6.07, 6.45) is 8.35. The lowest BCUT2D eigenvalue weighted by molar-refractivity contribution is -0.120. The molecule has 5 heterocycles. The Morgan fingerprint density at radius 2 is 1.85 bits per heavy atom. The summed E-state index contributed by atoms with van der Waals surface area (Å²) < 4.78 is 8.20. The Morgan fingerprint density at radius 3 is 2.58 bits per heavy atom. The molecule has 4 aliphatic rings. The van der Waals surface area contributed by atoms with Crippen LogP contribution >= 0.6 is 11.6 Å². The maximum absolute atomic E-state index is 13.1. The Balaban J connectivity index is 0.795. The number of rotatable bonds is 9. The first-order valence-corrected chi connectivity index (χ1v) is 19.6. The number of carbonyl (C=O) groups is 3. The highest BCUT2D eigenvalue weighted by Crippen LogP contribution is 2.36. The van der Waals surface area contributed by atoms with E-state index < -0.39 is 0 Å². The predicted octanol–water partition coefficient (Wildman–Crippen LogP) is 5.47. The van der Waals surface area contributed by atoms with E-state index in [4.69, 9.17) is 26.7 Å². The van der Waals surface area contributed by atoms with Gasteiger partial charge < -0.3 is 19.9 Å². The molecule has 15 heteroatoms. The second kappa shape index (κ2) is 15.5. The van der Waals surface area contributed by atoms with E-state index in [-0.39, 0.29) is 47.9 Å². The van der Waals surface area contributed by atoms with Crippen molar-refractivity contribution in [2.45, 2.75) is 76.5 Å². The quantitative estimate of drug-likeness (QED) is 0.224.